The molecular weight excluding hydrogens is 284 g/mol. The van der Waals surface area contributed by atoms with Gasteiger partial charge < -0.3 is 5.32 Å². The first-order valence-electron chi connectivity index (χ1n) is 8.45. The lowest BCUT2D eigenvalue weighted by Gasteiger charge is -2.47. The summed E-state index contributed by atoms with van der Waals surface area (Å²) in [6.45, 7) is 11.2. The van der Waals surface area contributed by atoms with E-state index in [1.807, 2.05) is 0 Å². The number of piperazine rings is 1. The normalized spacial score (nSPS) is 31.8. The smallest absolute Gasteiger partial charge is 0.151 e. The lowest BCUT2D eigenvalue weighted by molar-refractivity contribution is 0.0697. The summed E-state index contributed by atoms with van der Waals surface area (Å²) in [6, 6.07) is 0.476. The van der Waals surface area contributed by atoms with Crippen molar-refractivity contribution in [3.63, 3.8) is 0 Å². The minimum absolute atomic E-state index is 0.184. The number of sulfone groups is 1. The molecule has 1 saturated carbocycles. The van der Waals surface area contributed by atoms with Crippen molar-refractivity contribution >= 4 is 9.84 Å². The minimum Gasteiger partial charge on any atom is -0.308 e. The number of hydrogen-bond donors (Lipinski definition) is 1. The topological polar surface area (TPSA) is 49.4 Å². The van der Waals surface area contributed by atoms with Crippen LogP contribution in [0.4, 0.5) is 0 Å². The molecule has 0 bridgehead atoms. The van der Waals surface area contributed by atoms with Crippen molar-refractivity contribution in [2.45, 2.75) is 58.5 Å². The highest BCUT2D eigenvalue weighted by Gasteiger charge is 2.45. The molecule has 2 fully saturated rings. The average Bonchev–Trinajstić information content (AvgIpc) is 3.24. The molecule has 124 valence electrons. The van der Waals surface area contributed by atoms with E-state index in [0.29, 0.717) is 24.3 Å². The van der Waals surface area contributed by atoms with E-state index in [9.17, 15) is 8.42 Å². The predicted molar refractivity (Wildman–Crippen MR) is 88.3 cm³/mol. The van der Waals surface area contributed by atoms with Crippen LogP contribution >= 0.6 is 0 Å². The lowest BCUT2D eigenvalue weighted by atomic mass is 9.89. The Labute approximate surface area is 130 Å². The summed E-state index contributed by atoms with van der Waals surface area (Å²) in [5.41, 5.74) is 0.184. The van der Waals surface area contributed by atoms with E-state index in [-0.39, 0.29) is 11.3 Å². The standard InChI is InChI=1S/C16H32N2O2S/c1-5-21(19,20)9-8-18-12-16(4,14-6-7-14)17-11-15(18)10-13(2)3/h13-15,17H,5-12H2,1-4H3. The van der Waals surface area contributed by atoms with E-state index in [4.69, 9.17) is 0 Å². The Morgan fingerprint density at radius 3 is 2.52 bits per heavy atom. The maximum atomic E-state index is 11.8. The summed E-state index contributed by atoms with van der Waals surface area (Å²) in [4.78, 5) is 2.45. The van der Waals surface area contributed by atoms with Crippen LogP contribution in [0.15, 0.2) is 0 Å². The Morgan fingerprint density at radius 2 is 2.00 bits per heavy atom. The number of nitrogens with one attached hydrogen (secondary N) is 1. The van der Waals surface area contributed by atoms with Crippen molar-refractivity contribution in [2.75, 3.05) is 31.1 Å². The van der Waals surface area contributed by atoms with E-state index in [0.717, 1.165) is 25.4 Å². The van der Waals surface area contributed by atoms with Crippen LogP contribution in [0.1, 0.15) is 47.0 Å². The quantitative estimate of drug-likeness (QED) is 0.779. The minimum atomic E-state index is -2.87. The summed E-state index contributed by atoms with van der Waals surface area (Å²) in [7, 11) is -2.87. The van der Waals surface area contributed by atoms with Gasteiger partial charge in [0, 0.05) is 37.0 Å². The second-order valence-corrected chi connectivity index (χ2v) is 10.0. The zero-order valence-electron chi connectivity index (χ0n) is 14.1. The molecule has 1 aliphatic heterocycles. The first-order chi connectivity index (χ1) is 9.76. The van der Waals surface area contributed by atoms with Crippen LogP contribution in [-0.2, 0) is 9.84 Å². The molecule has 1 saturated heterocycles. The average molecular weight is 317 g/mol. The van der Waals surface area contributed by atoms with Gasteiger partial charge in [-0.15, -0.1) is 0 Å². The Bertz CT molecular complexity index is 445. The zero-order valence-corrected chi connectivity index (χ0v) is 14.9. The fourth-order valence-corrected chi connectivity index (χ4v) is 4.32. The molecule has 1 N–H and O–H groups in total. The van der Waals surface area contributed by atoms with Crippen LogP contribution < -0.4 is 5.32 Å². The van der Waals surface area contributed by atoms with Crippen LogP contribution in [0.2, 0.25) is 0 Å². The van der Waals surface area contributed by atoms with Crippen LogP contribution in [0.5, 0.6) is 0 Å². The second kappa shape index (κ2) is 6.55. The van der Waals surface area contributed by atoms with Gasteiger partial charge in [-0.25, -0.2) is 8.42 Å². The Hall–Kier alpha value is -0.130. The summed E-state index contributed by atoms with van der Waals surface area (Å²) in [5.74, 6) is 1.99. The van der Waals surface area contributed by atoms with Crippen LogP contribution in [0.25, 0.3) is 0 Å². The van der Waals surface area contributed by atoms with E-state index >= 15 is 0 Å². The highest BCUT2D eigenvalue weighted by atomic mass is 32.2. The highest BCUT2D eigenvalue weighted by molar-refractivity contribution is 7.91. The molecule has 1 heterocycles. The summed E-state index contributed by atoms with van der Waals surface area (Å²) < 4.78 is 23.7. The summed E-state index contributed by atoms with van der Waals surface area (Å²) >= 11 is 0. The highest BCUT2D eigenvalue weighted by Crippen LogP contribution is 2.41. The Kier molecular flexibility index (Phi) is 5.37. The Morgan fingerprint density at radius 1 is 1.33 bits per heavy atom. The van der Waals surface area contributed by atoms with Crippen molar-refractivity contribution in [3.8, 4) is 0 Å². The Balaban J connectivity index is 2.01. The van der Waals surface area contributed by atoms with Crippen molar-refractivity contribution in [1.29, 1.82) is 0 Å². The SMILES string of the molecule is CCS(=O)(=O)CCN1CC(C)(C2CC2)NCC1CC(C)C. The summed E-state index contributed by atoms with van der Waals surface area (Å²) in [5, 5.41) is 3.76. The van der Waals surface area contributed by atoms with Gasteiger partial charge >= 0.3 is 0 Å². The molecule has 0 amide bonds. The molecule has 0 aromatic heterocycles. The summed E-state index contributed by atoms with van der Waals surface area (Å²) in [6.07, 6.45) is 3.78. The number of hydrogen-bond acceptors (Lipinski definition) is 4. The van der Waals surface area contributed by atoms with Gasteiger partial charge in [0.2, 0.25) is 0 Å². The maximum absolute atomic E-state index is 11.8. The molecule has 0 aromatic rings. The van der Waals surface area contributed by atoms with Gasteiger partial charge in [-0.05, 0) is 38.0 Å². The third kappa shape index (κ3) is 4.67. The van der Waals surface area contributed by atoms with Gasteiger partial charge in [0.15, 0.2) is 9.84 Å². The van der Waals surface area contributed by atoms with E-state index in [2.05, 4.69) is 31.0 Å². The van der Waals surface area contributed by atoms with Crippen LogP contribution in [-0.4, -0.2) is 56.0 Å². The van der Waals surface area contributed by atoms with Gasteiger partial charge in [0.25, 0.3) is 0 Å². The van der Waals surface area contributed by atoms with Gasteiger partial charge in [0.1, 0.15) is 0 Å². The fourth-order valence-electron chi connectivity index (χ4n) is 3.52. The molecule has 0 radical (unpaired) electrons. The molecule has 2 unspecified atom stereocenters. The van der Waals surface area contributed by atoms with E-state index < -0.39 is 9.84 Å². The molecule has 1 aliphatic carbocycles. The van der Waals surface area contributed by atoms with Crippen molar-refractivity contribution in [1.82, 2.24) is 10.2 Å². The molecule has 5 heteroatoms. The second-order valence-electron chi connectivity index (χ2n) is 7.56. The molecular formula is C16H32N2O2S. The molecule has 2 rings (SSSR count). The van der Waals surface area contributed by atoms with Crippen molar-refractivity contribution in [3.05, 3.63) is 0 Å². The third-order valence-corrected chi connectivity index (χ3v) is 6.82. The molecule has 4 nitrogen and oxygen atoms in total. The van der Waals surface area contributed by atoms with Gasteiger partial charge in [-0.1, -0.05) is 20.8 Å². The molecule has 0 aromatic carbocycles. The van der Waals surface area contributed by atoms with Crippen LogP contribution in [0.3, 0.4) is 0 Å². The van der Waals surface area contributed by atoms with Gasteiger partial charge in [-0.3, -0.25) is 4.90 Å². The molecule has 0 spiro atoms. The van der Waals surface area contributed by atoms with Crippen molar-refractivity contribution in [2.24, 2.45) is 11.8 Å². The number of nitrogens with zero attached hydrogens (tertiary/aromatic N) is 1. The largest absolute Gasteiger partial charge is 0.308 e. The van der Waals surface area contributed by atoms with E-state index in [1.54, 1.807) is 6.92 Å². The van der Waals surface area contributed by atoms with Crippen LogP contribution in [0, 0.1) is 11.8 Å². The number of rotatable bonds is 7. The third-order valence-electron chi connectivity index (χ3n) is 5.14. The molecule has 2 atom stereocenters. The first kappa shape index (κ1) is 17.2. The molecule has 2 aliphatic rings. The first-order valence-corrected chi connectivity index (χ1v) is 10.3. The fraction of sp³-hybridized carbons (Fsp3) is 1.00. The zero-order chi connectivity index (χ0) is 15.7. The maximum Gasteiger partial charge on any atom is 0.151 e. The predicted octanol–water partition coefficient (Wildman–Crippen LogP) is 1.91. The van der Waals surface area contributed by atoms with Crippen molar-refractivity contribution < 1.29 is 8.42 Å². The lowest BCUT2D eigenvalue weighted by Crippen LogP contribution is -2.64. The molecule has 21 heavy (non-hydrogen) atoms. The van der Waals surface area contributed by atoms with E-state index in [1.165, 1.54) is 12.8 Å². The van der Waals surface area contributed by atoms with Gasteiger partial charge in [-0.2, -0.15) is 0 Å². The monoisotopic (exact) mass is 316 g/mol. The van der Waals surface area contributed by atoms with Gasteiger partial charge in [0.05, 0.1) is 5.75 Å².